The van der Waals surface area contributed by atoms with E-state index in [-0.39, 0.29) is 17.6 Å². The molecule has 1 atom stereocenters. The Hall–Kier alpha value is -0.610. The molecule has 1 aliphatic carbocycles. The monoisotopic (exact) mass is 228 g/mol. The van der Waals surface area contributed by atoms with Gasteiger partial charge in [-0.3, -0.25) is 4.79 Å². The minimum Gasteiger partial charge on any atom is -0.378 e. The lowest BCUT2D eigenvalue weighted by Gasteiger charge is -2.40. The Balaban J connectivity index is 2.34. The van der Waals surface area contributed by atoms with Gasteiger partial charge >= 0.3 is 0 Å². The van der Waals surface area contributed by atoms with E-state index < -0.39 is 0 Å². The van der Waals surface area contributed by atoms with Crippen LogP contribution in [0.15, 0.2) is 0 Å². The van der Waals surface area contributed by atoms with Crippen LogP contribution >= 0.6 is 0 Å². The first-order valence-corrected chi connectivity index (χ1v) is 6.20. The Kier molecular flexibility index (Phi) is 5.22. The molecule has 0 aromatic heterocycles. The van der Waals surface area contributed by atoms with E-state index in [1.54, 1.807) is 7.11 Å². The third kappa shape index (κ3) is 3.46. The molecule has 0 aromatic rings. The second-order valence-electron chi connectivity index (χ2n) is 4.67. The van der Waals surface area contributed by atoms with Crippen molar-refractivity contribution in [2.75, 3.05) is 13.7 Å². The van der Waals surface area contributed by atoms with Gasteiger partial charge in [0.1, 0.15) is 0 Å². The SMILES string of the molecule is CCC(CCN)NC(=O)CC1(OC)CCC1. The van der Waals surface area contributed by atoms with Gasteiger partial charge in [0.2, 0.25) is 5.91 Å². The van der Waals surface area contributed by atoms with E-state index in [0.29, 0.717) is 13.0 Å². The van der Waals surface area contributed by atoms with Crippen LogP contribution in [0.1, 0.15) is 45.4 Å². The second-order valence-corrected chi connectivity index (χ2v) is 4.67. The predicted molar refractivity (Wildman–Crippen MR) is 64.1 cm³/mol. The van der Waals surface area contributed by atoms with Crippen LogP contribution < -0.4 is 11.1 Å². The summed E-state index contributed by atoms with van der Waals surface area (Å²) in [6.45, 7) is 2.68. The molecule has 1 amide bonds. The van der Waals surface area contributed by atoms with Gasteiger partial charge in [-0.1, -0.05) is 6.92 Å². The molecule has 1 rings (SSSR count). The summed E-state index contributed by atoms with van der Waals surface area (Å²) in [6, 6.07) is 0.214. The molecule has 0 aromatic carbocycles. The van der Waals surface area contributed by atoms with E-state index in [4.69, 9.17) is 10.5 Å². The summed E-state index contributed by atoms with van der Waals surface area (Å²) in [5, 5.41) is 3.03. The lowest BCUT2D eigenvalue weighted by atomic mass is 9.77. The minimum absolute atomic E-state index is 0.0989. The Labute approximate surface area is 97.9 Å². The molecule has 0 heterocycles. The summed E-state index contributed by atoms with van der Waals surface area (Å²) < 4.78 is 5.43. The van der Waals surface area contributed by atoms with Gasteiger partial charge in [0, 0.05) is 13.2 Å². The van der Waals surface area contributed by atoms with Crippen LogP contribution in [0.5, 0.6) is 0 Å². The molecule has 1 fully saturated rings. The van der Waals surface area contributed by atoms with E-state index in [0.717, 1.165) is 25.7 Å². The molecule has 3 N–H and O–H groups in total. The van der Waals surface area contributed by atoms with Crippen LogP contribution in [-0.2, 0) is 9.53 Å². The molecule has 0 spiro atoms. The van der Waals surface area contributed by atoms with E-state index in [2.05, 4.69) is 12.2 Å². The molecule has 1 aliphatic rings. The maximum Gasteiger partial charge on any atom is 0.223 e. The van der Waals surface area contributed by atoms with Crippen molar-refractivity contribution < 1.29 is 9.53 Å². The summed E-state index contributed by atoms with van der Waals surface area (Å²) in [4.78, 5) is 11.8. The normalized spacial score (nSPS) is 19.9. The minimum atomic E-state index is -0.176. The Bertz CT molecular complexity index is 222. The summed E-state index contributed by atoms with van der Waals surface area (Å²) in [7, 11) is 1.70. The van der Waals surface area contributed by atoms with Crippen molar-refractivity contribution in [3.63, 3.8) is 0 Å². The van der Waals surface area contributed by atoms with Crippen LogP contribution in [0.3, 0.4) is 0 Å². The van der Waals surface area contributed by atoms with Gasteiger partial charge in [0.25, 0.3) is 0 Å². The zero-order chi connectivity index (χ0) is 12.0. The summed E-state index contributed by atoms with van der Waals surface area (Å²) in [6.07, 6.45) is 5.45. The Morgan fingerprint density at radius 2 is 2.25 bits per heavy atom. The third-order valence-corrected chi connectivity index (χ3v) is 3.55. The predicted octanol–water partition coefficient (Wildman–Crippen LogP) is 1.19. The van der Waals surface area contributed by atoms with E-state index in [9.17, 15) is 4.79 Å². The fourth-order valence-corrected chi connectivity index (χ4v) is 2.18. The van der Waals surface area contributed by atoms with Gasteiger partial charge in [0.15, 0.2) is 0 Å². The van der Waals surface area contributed by atoms with Gasteiger partial charge in [0.05, 0.1) is 12.0 Å². The smallest absolute Gasteiger partial charge is 0.223 e. The highest BCUT2D eigenvalue weighted by Gasteiger charge is 2.39. The fraction of sp³-hybridized carbons (Fsp3) is 0.917. The molecule has 0 aliphatic heterocycles. The van der Waals surface area contributed by atoms with Crippen molar-refractivity contribution in [1.29, 1.82) is 0 Å². The van der Waals surface area contributed by atoms with Crippen molar-refractivity contribution in [2.45, 2.75) is 57.1 Å². The number of amides is 1. The number of carbonyl (C=O) groups is 1. The molecule has 4 heteroatoms. The highest BCUT2D eigenvalue weighted by molar-refractivity contribution is 5.77. The first-order chi connectivity index (χ1) is 7.65. The molecule has 0 bridgehead atoms. The standard InChI is InChI=1S/C12H24N2O2/c1-3-10(5-8-13)14-11(15)9-12(16-2)6-4-7-12/h10H,3-9,13H2,1-2H3,(H,14,15). The largest absolute Gasteiger partial charge is 0.378 e. The van der Waals surface area contributed by atoms with E-state index in [1.165, 1.54) is 6.42 Å². The number of nitrogens with two attached hydrogens (primary N) is 1. The number of carbonyl (C=O) groups excluding carboxylic acids is 1. The molecular weight excluding hydrogens is 204 g/mol. The highest BCUT2D eigenvalue weighted by atomic mass is 16.5. The molecule has 1 saturated carbocycles. The maximum atomic E-state index is 11.8. The first-order valence-electron chi connectivity index (χ1n) is 6.20. The van der Waals surface area contributed by atoms with Gasteiger partial charge in [-0.25, -0.2) is 0 Å². The average molecular weight is 228 g/mol. The topological polar surface area (TPSA) is 64.3 Å². The number of hydrogen-bond acceptors (Lipinski definition) is 3. The van der Waals surface area contributed by atoms with E-state index in [1.807, 2.05) is 0 Å². The van der Waals surface area contributed by atoms with Gasteiger partial charge < -0.3 is 15.8 Å². The van der Waals surface area contributed by atoms with Crippen LogP contribution in [0, 0.1) is 0 Å². The van der Waals surface area contributed by atoms with E-state index >= 15 is 0 Å². The number of rotatable bonds is 7. The Morgan fingerprint density at radius 3 is 2.62 bits per heavy atom. The molecular formula is C12H24N2O2. The summed E-state index contributed by atoms with van der Waals surface area (Å²) >= 11 is 0. The lowest BCUT2D eigenvalue weighted by Crippen LogP contribution is -2.46. The number of hydrogen-bond donors (Lipinski definition) is 2. The molecule has 16 heavy (non-hydrogen) atoms. The molecule has 4 nitrogen and oxygen atoms in total. The van der Waals surface area contributed by atoms with Crippen molar-refractivity contribution >= 4 is 5.91 Å². The van der Waals surface area contributed by atoms with Gasteiger partial charge in [-0.05, 0) is 38.6 Å². The van der Waals surface area contributed by atoms with Crippen molar-refractivity contribution in [2.24, 2.45) is 5.73 Å². The van der Waals surface area contributed by atoms with Gasteiger partial charge in [-0.2, -0.15) is 0 Å². The second kappa shape index (κ2) is 6.21. The quantitative estimate of drug-likeness (QED) is 0.688. The fourth-order valence-electron chi connectivity index (χ4n) is 2.18. The maximum absolute atomic E-state index is 11.8. The molecule has 94 valence electrons. The lowest BCUT2D eigenvalue weighted by molar-refractivity contribution is -0.135. The van der Waals surface area contributed by atoms with Crippen molar-refractivity contribution in [1.82, 2.24) is 5.32 Å². The van der Waals surface area contributed by atoms with Gasteiger partial charge in [-0.15, -0.1) is 0 Å². The zero-order valence-corrected chi connectivity index (χ0v) is 10.4. The number of nitrogens with one attached hydrogen (secondary N) is 1. The molecule has 1 unspecified atom stereocenters. The first kappa shape index (κ1) is 13.5. The zero-order valence-electron chi connectivity index (χ0n) is 10.4. The summed E-state index contributed by atoms with van der Waals surface area (Å²) in [5.41, 5.74) is 5.32. The van der Waals surface area contributed by atoms with Crippen molar-refractivity contribution in [3.05, 3.63) is 0 Å². The average Bonchev–Trinajstić information content (AvgIpc) is 2.23. The Morgan fingerprint density at radius 1 is 1.56 bits per heavy atom. The highest BCUT2D eigenvalue weighted by Crippen LogP contribution is 2.37. The van der Waals surface area contributed by atoms with Crippen LogP contribution in [-0.4, -0.2) is 31.2 Å². The summed E-state index contributed by atoms with van der Waals surface area (Å²) in [5.74, 6) is 0.0989. The van der Waals surface area contributed by atoms with Crippen LogP contribution in [0.4, 0.5) is 0 Å². The number of methoxy groups -OCH3 is 1. The van der Waals surface area contributed by atoms with Crippen molar-refractivity contribution in [3.8, 4) is 0 Å². The molecule has 0 saturated heterocycles. The molecule has 0 radical (unpaired) electrons. The third-order valence-electron chi connectivity index (χ3n) is 3.55. The van der Waals surface area contributed by atoms with Crippen LogP contribution in [0.25, 0.3) is 0 Å². The number of ether oxygens (including phenoxy) is 1. The van der Waals surface area contributed by atoms with Crippen LogP contribution in [0.2, 0.25) is 0 Å².